The largest absolute Gasteiger partial charge is 0.496 e. The SMILES string of the molecule is COc1ccccc1/C=C/C(=O)N(C)[C@H](C)c1cccc([N+](=O)[O-])c1. The molecule has 0 bridgehead atoms. The Balaban J connectivity index is 2.15. The molecule has 6 heteroatoms. The fraction of sp³-hybridized carbons (Fsp3) is 0.211. The van der Waals surface area contributed by atoms with Crippen molar-refractivity contribution < 1.29 is 14.5 Å². The number of para-hydroxylation sites is 1. The predicted molar refractivity (Wildman–Crippen MR) is 96.3 cm³/mol. The molecule has 2 rings (SSSR count). The van der Waals surface area contributed by atoms with Crippen LogP contribution in [0.2, 0.25) is 0 Å². The van der Waals surface area contributed by atoms with Crippen molar-refractivity contribution in [3.63, 3.8) is 0 Å². The van der Waals surface area contributed by atoms with Crippen molar-refractivity contribution >= 4 is 17.7 Å². The lowest BCUT2D eigenvalue weighted by Crippen LogP contribution is -2.28. The maximum atomic E-state index is 12.4. The number of rotatable bonds is 6. The number of ether oxygens (including phenoxy) is 1. The van der Waals surface area contributed by atoms with E-state index in [0.29, 0.717) is 11.3 Å². The molecule has 0 unspecified atom stereocenters. The molecule has 0 radical (unpaired) electrons. The molecule has 130 valence electrons. The maximum absolute atomic E-state index is 12.4. The second-order valence-corrected chi connectivity index (χ2v) is 5.55. The van der Waals surface area contributed by atoms with Crippen LogP contribution < -0.4 is 4.74 Å². The van der Waals surface area contributed by atoms with Crippen LogP contribution in [-0.4, -0.2) is 29.9 Å². The summed E-state index contributed by atoms with van der Waals surface area (Å²) in [5, 5.41) is 10.9. The molecule has 0 aliphatic rings. The molecule has 0 N–H and O–H groups in total. The van der Waals surface area contributed by atoms with Gasteiger partial charge in [-0.3, -0.25) is 14.9 Å². The first kappa shape index (κ1) is 18.2. The fourth-order valence-corrected chi connectivity index (χ4v) is 2.40. The lowest BCUT2D eigenvalue weighted by molar-refractivity contribution is -0.384. The lowest BCUT2D eigenvalue weighted by Gasteiger charge is -2.24. The number of nitro groups is 1. The first-order valence-electron chi connectivity index (χ1n) is 7.76. The Bertz CT molecular complexity index is 802. The molecule has 0 aliphatic heterocycles. The van der Waals surface area contributed by atoms with Crippen molar-refractivity contribution in [2.75, 3.05) is 14.2 Å². The van der Waals surface area contributed by atoms with Crippen molar-refractivity contribution in [3.05, 3.63) is 75.8 Å². The van der Waals surface area contributed by atoms with E-state index in [2.05, 4.69) is 0 Å². The summed E-state index contributed by atoms with van der Waals surface area (Å²) in [4.78, 5) is 24.4. The van der Waals surface area contributed by atoms with E-state index in [1.807, 2.05) is 31.2 Å². The molecule has 0 aliphatic carbocycles. The van der Waals surface area contributed by atoms with Crippen molar-refractivity contribution in [2.24, 2.45) is 0 Å². The van der Waals surface area contributed by atoms with Gasteiger partial charge in [0.2, 0.25) is 5.91 Å². The highest BCUT2D eigenvalue weighted by molar-refractivity contribution is 5.92. The van der Waals surface area contributed by atoms with Gasteiger partial charge >= 0.3 is 0 Å². The third-order valence-corrected chi connectivity index (χ3v) is 4.04. The molecule has 2 aromatic carbocycles. The smallest absolute Gasteiger partial charge is 0.269 e. The molecule has 0 fully saturated rings. The van der Waals surface area contributed by atoms with Crippen molar-refractivity contribution in [1.29, 1.82) is 0 Å². The van der Waals surface area contributed by atoms with Gasteiger partial charge in [-0.1, -0.05) is 30.3 Å². The number of benzene rings is 2. The Kier molecular flexibility index (Phi) is 5.89. The standard InChI is InChI=1S/C19H20N2O4/c1-14(16-8-6-9-17(13-16)21(23)24)20(2)19(22)12-11-15-7-4-5-10-18(15)25-3/h4-14H,1-3H3/b12-11+/t14-/m1/s1. The Morgan fingerprint density at radius 1 is 1.24 bits per heavy atom. The van der Waals surface area contributed by atoms with Crippen molar-refractivity contribution in [3.8, 4) is 5.75 Å². The number of hydrogen-bond acceptors (Lipinski definition) is 4. The second kappa shape index (κ2) is 8.10. The lowest BCUT2D eigenvalue weighted by atomic mass is 10.1. The summed E-state index contributed by atoms with van der Waals surface area (Å²) < 4.78 is 5.25. The van der Waals surface area contributed by atoms with Crippen LogP contribution in [0.4, 0.5) is 5.69 Å². The van der Waals surface area contributed by atoms with Gasteiger partial charge in [-0.2, -0.15) is 0 Å². The van der Waals surface area contributed by atoms with Crippen LogP contribution >= 0.6 is 0 Å². The number of nitrogens with zero attached hydrogens (tertiary/aromatic N) is 2. The third-order valence-electron chi connectivity index (χ3n) is 4.04. The number of carbonyl (C=O) groups excluding carboxylic acids is 1. The van der Waals surface area contributed by atoms with Crippen LogP contribution in [0.1, 0.15) is 24.1 Å². The fourth-order valence-electron chi connectivity index (χ4n) is 2.40. The number of carbonyl (C=O) groups is 1. The number of methoxy groups -OCH3 is 1. The van der Waals surface area contributed by atoms with E-state index in [1.54, 1.807) is 32.4 Å². The summed E-state index contributed by atoms with van der Waals surface area (Å²) in [5.74, 6) is 0.478. The maximum Gasteiger partial charge on any atom is 0.269 e. The molecule has 6 nitrogen and oxygen atoms in total. The van der Waals surface area contributed by atoms with Crippen LogP contribution in [0.5, 0.6) is 5.75 Å². The summed E-state index contributed by atoms with van der Waals surface area (Å²) in [6, 6.07) is 13.4. The highest BCUT2D eigenvalue weighted by atomic mass is 16.6. The van der Waals surface area contributed by atoms with Crippen LogP contribution in [0.25, 0.3) is 6.08 Å². The van der Waals surface area contributed by atoms with Gasteiger partial charge < -0.3 is 9.64 Å². The Morgan fingerprint density at radius 3 is 2.64 bits per heavy atom. The number of nitro benzene ring substituents is 1. The van der Waals surface area contributed by atoms with E-state index in [0.717, 1.165) is 5.56 Å². The zero-order valence-corrected chi connectivity index (χ0v) is 14.4. The van der Waals surface area contributed by atoms with E-state index in [1.165, 1.54) is 23.1 Å². The Hall–Kier alpha value is -3.15. The van der Waals surface area contributed by atoms with Crippen LogP contribution in [0, 0.1) is 10.1 Å². The average Bonchev–Trinajstić information content (AvgIpc) is 2.65. The normalized spacial score (nSPS) is 12.0. The molecule has 1 atom stereocenters. The summed E-state index contributed by atoms with van der Waals surface area (Å²) in [6.45, 7) is 1.83. The quantitative estimate of drug-likeness (QED) is 0.455. The topological polar surface area (TPSA) is 72.7 Å². The third kappa shape index (κ3) is 4.44. The minimum atomic E-state index is -0.445. The molecule has 0 aromatic heterocycles. The van der Waals surface area contributed by atoms with E-state index in [4.69, 9.17) is 4.74 Å². The number of likely N-dealkylation sites (N-methyl/N-ethyl adjacent to an activating group) is 1. The van der Waals surface area contributed by atoms with Crippen molar-refractivity contribution in [1.82, 2.24) is 4.90 Å². The van der Waals surface area contributed by atoms with Crippen LogP contribution in [0.3, 0.4) is 0 Å². The molecular formula is C19H20N2O4. The number of hydrogen-bond donors (Lipinski definition) is 0. The zero-order valence-electron chi connectivity index (χ0n) is 14.4. The van der Waals surface area contributed by atoms with Crippen LogP contribution in [0.15, 0.2) is 54.6 Å². The molecule has 0 saturated carbocycles. The molecule has 1 amide bonds. The van der Waals surface area contributed by atoms with Crippen LogP contribution in [-0.2, 0) is 4.79 Å². The first-order valence-corrected chi connectivity index (χ1v) is 7.76. The van der Waals surface area contributed by atoms with Gasteiger partial charge in [-0.15, -0.1) is 0 Å². The monoisotopic (exact) mass is 340 g/mol. The Labute approximate surface area is 146 Å². The predicted octanol–water partition coefficient (Wildman–Crippen LogP) is 3.84. The summed E-state index contributed by atoms with van der Waals surface area (Å²) in [5.41, 5.74) is 1.51. The van der Waals surface area contributed by atoms with E-state index < -0.39 is 4.92 Å². The summed E-state index contributed by atoms with van der Waals surface area (Å²) in [7, 11) is 3.24. The molecule has 0 heterocycles. The van der Waals surface area contributed by atoms with Gasteiger partial charge in [0.1, 0.15) is 5.75 Å². The summed E-state index contributed by atoms with van der Waals surface area (Å²) >= 11 is 0. The van der Waals surface area contributed by atoms with Crippen molar-refractivity contribution in [2.45, 2.75) is 13.0 Å². The number of amides is 1. The van der Waals surface area contributed by atoms with Gasteiger partial charge in [-0.25, -0.2) is 0 Å². The van der Waals surface area contributed by atoms with Gasteiger partial charge in [0.15, 0.2) is 0 Å². The van der Waals surface area contributed by atoms with E-state index in [9.17, 15) is 14.9 Å². The molecule has 25 heavy (non-hydrogen) atoms. The summed E-state index contributed by atoms with van der Waals surface area (Å²) in [6.07, 6.45) is 3.16. The van der Waals surface area contributed by atoms with E-state index >= 15 is 0 Å². The minimum Gasteiger partial charge on any atom is -0.496 e. The molecule has 0 saturated heterocycles. The number of non-ortho nitro benzene ring substituents is 1. The zero-order chi connectivity index (χ0) is 18.4. The molecule has 2 aromatic rings. The molecular weight excluding hydrogens is 320 g/mol. The van der Waals surface area contributed by atoms with Gasteiger partial charge in [0.05, 0.1) is 18.1 Å². The Morgan fingerprint density at radius 2 is 1.96 bits per heavy atom. The first-order chi connectivity index (χ1) is 11.9. The minimum absolute atomic E-state index is 0.00904. The highest BCUT2D eigenvalue weighted by Crippen LogP contribution is 2.24. The highest BCUT2D eigenvalue weighted by Gasteiger charge is 2.17. The second-order valence-electron chi connectivity index (χ2n) is 5.55. The molecule has 0 spiro atoms. The van der Waals surface area contributed by atoms with E-state index in [-0.39, 0.29) is 17.6 Å². The van der Waals surface area contributed by atoms with Gasteiger partial charge in [0.25, 0.3) is 5.69 Å². The van der Waals surface area contributed by atoms with Gasteiger partial charge in [0, 0.05) is 30.8 Å². The average molecular weight is 340 g/mol. The van der Waals surface area contributed by atoms with Gasteiger partial charge in [-0.05, 0) is 24.6 Å².